The van der Waals surface area contributed by atoms with Gasteiger partial charge in [-0.15, -0.1) is 11.8 Å². The van der Waals surface area contributed by atoms with Crippen LogP contribution in [0.4, 0.5) is 11.4 Å². The molecule has 0 radical (unpaired) electrons. The van der Waals surface area contributed by atoms with E-state index in [9.17, 15) is 4.79 Å². The van der Waals surface area contributed by atoms with E-state index in [1.807, 2.05) is 19.9 Å². The third kappa shape index (κ3) is 3.46. The van der Waals surface area contributed by atoms with Gasteiger partial charge in [0, 0.05) is 10.6 Å². The van der Waals surface area contributed by atoms with Crippen LogP contribution in [-0.2, 0) is 4.79 Å². The molecular formula is C13H15ClN4OS. The normalized spacial score (nSPS) is 10.6. The smallest absolute Gasteiger partial charge is 0.234 e. The minimum atomic E-state index is -0.101. The van der Waals surface area contributed by atoms with E-state index in [1.165, 1.54) is 11.8 Å². The zero-order chi connectivity index (χ0) is 14.7. The van der Waals surface area contributed by atoms with Crippen LogP contribution in [0.1, 0.15) is 11.4 Å². The maximum atomic E-state index is 11.9. The molecule has 7 heteroatoms. The van der Waals surface area contributed by atoms with Crippen LogP contribution >= 0.6 is 23.4 Å². The number of aromatic amines is 1. The van der Waals surface area contributed by atoms with Crippen molar-refractivity contribution in [2.75, 3.05) is 16.8 Å². The molecule has 2 aromatic rings. The van der Waals surface area contributed by atoms with Crippen molar-refractivity contribution in [2.45, 2.75) is 18.7 Å². The van der Waals surface area contributed by atoms with Crippen LogP contribution in [0, 0.1) is 13.8 Å². The number of carbonyl (C=O) groups excluding carboxylic acids is 1. The molecule has 5 nitrogen and oxygen atoms in total. The fraction of sp³-hybridized carbons (Fsp3) is 0.231. The molecule has 106 valence electrons. The molecule has 0 atom stereocenters. The van der Waals surface area contributed by atoms with Crippen molar-refractivity contribution in [3.63, 3.8) is 0 Å². The Balaban J connectivity index is 1.96. The minimum Gasteiger partial charge on any atom is -0.399 e. The van der Waals surface area contributed by atoms with Crippen molar-refractivity contribution >= 4 is 40.6 Å². The number of benzene rings is 1. The van der Waals surface area contributed by atoms with Crippen LogP contribution in [0.2, 0.25) is 5.02 Å². The predicted octanol–water partition coefficient (Wildman–Crippen LogP) is 2.99. The lowest BCUT2D eigenvalue weighted by atomic mass is 10.3. The highest BCUT2D eigenvalue weighted by atomic mass is 35.5. The minimum absolute atomic E-state index is 0.101. The summed E-state index contributed by atoms with van der Waals surface area (Å²) >= 11 is 7.43. The summed E-state index contributed by atoms with van der Waals surface area (Å²) in [5.74, 6) is 0.170. The largest absolute Gasteiger partial charge is 0.399 e. The Labute approximate surface area is 126 Å². The average molecular weight is 311 g/mol. The number of nitrogens with two attached hydrogens (primary N) is 1. The molecular weight excluding hydrogens is 296 g/mol. The van der Waals surface area contributed by atoms with Gasteiger partial charge in [0.1, 0.15) is 0 Å². The number of anilines is 2. The Kier molecular flexibility index (Phi) is 4.57. The van der Waals surface area contributed by atoms with Crippen molar-refractivity contribution in [1.29, 1.82) is 0 Å². The highest BCUT2D eigenvalue weighted by Crippen LogP contribution is 2.29. The molecule has 1 aromatic carbocycles. The first-order valence-electron chi connectivity index (χ1n) is 5.96. The number of nitrogen functional groups attached to an aromatic ring is 1. The van der Waals surface area contributed by atoms with Crippen LogP contribution in [0.25, 0.3) is 0 Å². The average Bonchev–Trinajstić information content (AvgIpc) is 2.69. The first-order valence-corrected chi connectivity index (χ1v) is 7.33. The molecule has 0 saturated carbocycles. The number of carbonyl (C=O) groups is 1. The summed E-state index contributed by atoms with van der Waals surface area (Å²) < 4.78 is 0. The fourth-order valence-corrected chi connectivity index (χ4v) is 2.76. The molecule has 0 aliphatic heterocycles. The summed E-state index contributed by atoms with van der Waals surface area (Å²) in [6.07, 6.45) is 0. The second-order valence-electron chi connectivity index (χ2n) is 4.34. The number of amides is 1. The molecule has 1 heterocycles. The highest BCUT2D eigenvalue weighted by molar-refractivity contribution is 8.00. The lowest BCUT2D eigenvalue weighted by Crippen LogP contribution is -2.15. The standard InChI is InChI=1S/C13H15ClN4OS/c1-7-13(8(2)18-17-7)16-12(19)6-20-11-4-3-9(15)5-10(11)14/h3-5H,6,15H2,1-2H3,(H,16,19)(H,17,18). The number of nitrogens with zero attached hydrogens (tertiary/aromatic N) is 1. The van der Waals surface area contributed by atoms with E-state index in [2.05, 4.69) is 15.5 Å². The Morgan fingerprint density at radius 3 is 2.85 bits per heavy atom. The maximum absolute atomic E-state index is 11.9. The highest BCUT2D eigenvalue weighted by Gasteiger charge is 2.11. The van der Waals surface area contributed by atoms with Gasteiger partial charge in [0.05, 0.1) is 27.9 Å². The van der Waals surface area contributed by atoms with Crippen molar-refractivity contribution in [3.8, 4) is 0 Å². The van der Waals surface area contributed by atoms with Gasteiger partial charge >= 0.3 is 0 Å². The van der Waals surface area contributed by atoms with Gasteiger partial charge in [-0.25, -0.2) is 0 Å². The second-order valence-corrected chi connectivity index (χ2v) is 5.76. The number of hydrogen-bond donors (Lipinski definition) is 3. The van der Waals surface area contributed by atoms with Crippen molar-refractivity contribution in [3.05, 3.63) is 34.6 Å². The zero-order valence-electron chi connectivity index (χ0n) is 11.2. The number of H-pyrrole nitrogens is 1. The van der Waals surface area contributed by atoms with Crippen LogP contribution in [-0.4, -0.2) is 21.9 Å². The van der Waals surface area contributed by atoms with E-state index in [0.29, 0.717) is 10.7 Å². The lowest BCUT2D eigenvalue weighted by molar-refractivity contribution is -0.113. The Hall–Kier alpha value is -1.66. The summed E-state index contributed by atoms with van der Waals surface area (Å²) in [5, 5.41) is 10.2. The van der Waals surface area contributed by atoms with E-state index in [0.717, 1.165) is 22.0 Å². The molecule has 0 aliphatic rings. The van der Waals surface area contributed by atoms with Gasteiger partial charge < -0.3 is 11.1 Å². The van der Waals surface area contributed by atoms with Gasteiger partial charge in [0.25, 0.3) is 0 Å². The molecule has 0 spiro atoms. The number of rotatable bonds is 4. The number of halogens is 1. The van der Waals surface area contributed by atoms with E-state index in [1.54, 1.807) is 12.1 Å². The van der Waals surface area contributed by atoms with Gasteiger partial charge in [-0.1, -0.05) is 11.6 Å². The van der Waals surface area contributed by atoms with E-state index >= 15 is 0 Å². The molecule has 4 N–H and O–H groups in total. The number of aromatic nitrogens is 2. The first-order chi connectivity index (χ1) is 9.47. The van der Waals surface area contributed by atoms with Gasteiger partial charge in [0.15, 0.2) is 0 Å². The monoisotopic (exact) mass is 310 g/mol. The quantitative estimate of drug-likeness (QED) is 0.599. The predicted molar refractivity (Wildman–Crippen MR) is 83.3 cm³/mol. The fourth-order valence-electron chi connectivity index (χ4n) is 1.69. The van der Waals surface area contributed by atoms with Gasteiger partial charge in [0.2, 0.25) is 5.91 Å². The number of hydrogen-bond acceptors (Lipinski definition) is 4. The molecule has 20 heavy (non-hydrogen) atoms. The molecule has 0 aliphatic carbocycles. The van der Waals surface area contributed by atoms with Crippen molar-refractivity contribution in [2.24, 2.45) is 0 Å². The summed E-state index contributed by atoms with van der Waals surface area (Å²) in [4.78, 5) is 12.8. The summed E-state index contributed by atoms with van der Waals surface area (Å²) in [6, 6.07) is 5.24. The Morgan fingerprint density at radius 2 is 2.25 bits per heavy atom. The molecule has 2 rings (SSSR count). The van der Waals surface area contributed by atoms with Crippen LogP contribution in [0.5, 0.6) is 0 Å². The maximum Gasteiger partial charge on any atom is 0.234 e. The lowest BCUT2D eigenvalue weighted by Gasteiger charge is -2.07. The molecule has 0 fully saturated rings. The molecule has 0 unspecified atom stereocenters. The molecule has 0 bridgehead atoms. The molecule has 1 aromatic heterocycles. The van der Waals surface area contributed by atoms with E-state index < -0.39 is 0 Å². The summed E-state index contributed by atoms with van der Waals surface area (Å²) in [6.45, 7) is 3.70. The van der Waals surface area contributed by atoms with Crippen LogP contribution < -0.4 is 11.1 Å². The van der Waals surface area contributed by atoms with E-state index in [4.69, 9.17) is 17.3 Å². The SMILES string of the molecule is Cc1n[nH]c(C)c1NC(=O)CSc1ccc(N)cc1Cl. The third-order valence-electron chi connectivity index (χ3n) is 2.71. The van der Waals surface area contributed by atoms with Crippen molar-refractivity contribution < 1.29 is 4.79 Å². The van der Waals surface area contributed by atoms with Crippen LogP contribution in [0.3, 0.4) is 0 Å². The molecule has 0 saturated heterocycles. The van der Waals surface area contributed by atoms with E-state index in [-0.39, 0.29) is 11.7 Å². The zero-order valence-corrected chi connectivity index (χ0v) is 12.7. The van der Waals surface area contributed by atoms with Gasteiger partial charge in [-0.05, 0) is 32.0 Å². The Morgan fingerprint density at radius 1 is 1.50 bits per heavy atom. The third-order valence-corrected chi connectivity index (χ3v) is 4.21. The number of thioether (sulfide) groups is 1. The summed E-state index contributed by atoms with van der Waals surface area (Å²) in [5.41, 5.74) is 8.57. The van der Waals surface area contributed by atoms with Crippen LogP contribution in [0.15, 0.2) is 23.1 Å². The van der Waals surface area contributed by atoms with Gasteiger partial charge in [-0.3, -0.25) is 9.89 Å². The molecule has 1 amide bonds. The second kappa shape index (κ2) is 6.19. The number of aryl methyl sites for hydroxylation is 2. The first kappa shape index (κ1) is 14.7. The topological polar surface area (TPSA) is 83.8 Å². The number of nitrogens with one attached hydrogen (secondary N) is 2. The van der Waals surface area contributed by atoms with Gasteiger partial charge in [-0.2, -0.15) is 5.10 Å². The van der Waals surface area contributed by atoms with Crippen molar-refractivity contribution in [1.82, 2.24) is 10.2 Å². The summed E-state index contributed by atoms with van der Waals surface area (Å²) in [7, 11) is 0. The Bertz CT molecular complexity index is 622.